The molecule has 1 saturated heterocycles. The summed E-state index contributed by atoms with van der Waals surface area (Å²) < 4.78 is 42.5. The molecule has 0 unspecified atom stereocenters. The summed E-state index contributed by atoms with van der Waals surface area (Å²) >= 11 is 1.53. The number of para-hydroxylation sites is 1. The molecule has 42 heavy (non-hydrogen) atoms. The smallest absolute Gasteiger partial charge is 0.406 e. The molecular formula is C29H26F3N7O2S. The summed E-state index contributed by atoms with van der Waals surface area (Å²) in [6.45, 7) is 5.05. The Hall–Kier alpha value is -4.65. The molecule has 9 nitrogen and oxygen atoms in total. The number of hydrogen-bond donors (Lipinski definition) is 1. The van der Waals surface area contributed by atoms with E-state index in [9.17, 15) is 18.0 Å². The molecule has 1 aliphatic rings. The first-order valence-corrected chi connectivity index (χ1v) is 13.9. The Bertz CT molecular complexity index is 1600. The third kappa shape index (κ3) is 7.16. The predicted octanol–water partition coefficient (Wildman–Crippen LogP) is 6.61. The largest absolute Gasteiger partial charge is 0.573 e. The second-order valence-electron chi connectivity index (χ2n) is 9.46. The van der Waals surface area contributed by atoms with Gasteiger partial charge in [0.05, 0.1) is 11.9 Å². The number of alkyl halides is 3. The van der Waals surface area contributed by atoms with Crippen molar-refractivity contribution in [2.45, 2.75) is 26.1 Å². The Morgan fingerprint density at radius 1 is 1.07 bits per heavy atom. The van der Waals surface area contributed by atoms with E-state index < -0.39 is 12.4 Å². The predicted molar refractivity (Wildman–Crippen MR) is 157 cm³/mol. The van der Waals surface area contributed by atoms with Crippen LogP contribution in [0.1, 0.15) is 30.9 Å². The molecule has 0 saturated carbocycles. The number of anilines is 1. The Morgan fingerprint density at radius 2 is 1.81 bits per heavy atom. The van der Waals surface area contributed by atoms with Gasteiger partial charge in [0.1, 0.15) is 12.1 Å². The molecule has 2 amide bonds. The van der Waals surface area contributed by atoms with Crippen molar-refractivity contribution >= 4 is 34.9 Å². The van der Waals surface area contributed by atoms with E-state index in [-0.39, 0.29) is 5.75 Å². The zero-order chi connectivity index (χ0) is 29.7. The van der Waals surface area contributed by atoms with Crippen LogP contribution in [0.4, 0.5) is 23.7 Å². The summed E-state index contributed by atoms with van der Waals surface area (Å²) in [5.74, 6) is 1.28. The molecule has 216 valence electrons. The summed E-state index contributed by atoms with van der Waals surface area (Å²) in [5, 5.41) is 9.06. The maximum atomic E-state index is 12.5. The van der Waals surface area contributed by atoms with E-state index in [0.717, 1.165) is 29.1 Å². The average Bonchev–Trinajstić information content (AvgIpc) is 3.63. The standard InChI is InChI=1S/C29H26F3N7O2S/c1-19(2)24-5-3-4-6-25(24)38-15-16-42-28(38)35-27(40)36-34-17-20-7-9-21(10-8-20)26-33-18-39(37-26)22-11-13-23(14-12-22)41-29(30,31)32/h3-14,17-19H,15-16H2,1-2H3,(H,36,40)/b34-17+,35-28?. The number of aliphatic imine (C=N–C) groups is 1. The lowest BCUT2D eigenvalue weighted by atomic mass is 10.0. The fourth-order valence-electron chi connectivity index (χ4n) is 4.25. The molecule has 0 radical (unpaired) electrons. The van der Waals surface area contributed by atoms with E-state index in [4.69, 9.17) is 0 Å². The summed E-state index contributed by atoms with van der Waals surface area (Å²) in [7, 11) is 0. The van der Waals surface area contributed by atoms with Gasteiger partial charge in [-0.25, -0.2) is 19.9 Å². The molecule has 1 aromatic heterocycles. The number of amides is 2. The zero-order valence-corrected chi connectivity index (χ0v) is 23.4. The van der Waals surface area contributed by atoms with Crippen LogP contribution >= 0.6 is 11.8 Å². The van der Waals surface area contributed by atoms with E-state index in [1.165, 1.54) is 58.8 Å². The van der Waals surface area contributed by atoms with Gasteiger partial charge >= 0.3 is 12.4 Å². The first-order valence-electron chi connectivity index (χ1n) is 13.0. The first-order chi connectivity index (χ1) is 20.2. The van der Waals surface area contributed by atoms with Crippen LogP contribution in [0.15, 0.2) is 89.2 Å². The number of halogens is 3. The van der Waals surface area contributed by atoms with Crippen molar-refractivity contribution in [2.24, 2.45) is 10.1 Å². The van der Waals surface area contributed by atoms with Gasteiger partial charge in [0.15, 0.2) is 11.0 Å². The highest BCUT2D eigenvalue weighted by molar-refractivity contribution is 8.14. The molecule has 3 aromatic carbocycles. The van der Waals surface area contributed by atoms with Crippen LogP contribution < -0.4 is 15.1 Å². The fourth-order valence-corrected chi connectivity index (χ4v) is 5.20. The number of benzene rings is 3. The third-order valence-corrected chi connectivity index (χ3v) is 7.15. The van der Waals surface area contributed by atoms with Crippen molar-refractivity contribution < 1.29 is 22.7 Å². The van der Waals surface area contributed by atoms with Crippen molar-refractivity contribution in [1.82, 2.24) is 20.2 Å². The number of amidine groups is 1. The van der Waals surface area contributed by atoms with Gasteiger partial charge < -0.3 is 9.64 Å². The average molecular weight is 594 g/mol. The Kier molecular flexibility index (Phi) is 8.57. The van der Waals surface area contributed by atoms with Gasteiger partial charge in [-0.3, -0.25) is 0 Å². The number of ether oxygens (including phenoxy) is 1. The lowest BCUT2D eigenvalue weighted by Gasteiger charge is -2.22. The molecule has 1 fully saturated rings. The van der Waals surface area contributed by atoms with Crippen LogP contribution in [-0.4, -0.2) is 50.8 Å². The fraction of sp³-hybridized carbons (Fsp3) is 0.207. The van der Waals surface area contributed by atoms with Crippen molar-refractivity contribution in [3.8, 4) is 22.8 Å². The van der Waals surface area contributed by atoms with Gasteiger partial charge in [-0.15, -0.1) is 18.3 Å². The SMILES string of the molecule is CC(C)c1ccccc1N1CCSC1=NC(=O)N/N=C/c1ccc(-c2ncn(-c3ccc(OC(F)(F)F)cc3)n2)cc1. The summed E-state index contributed by atoms with van der Waals surface area (Å²) in [6.07, 6.45) is -1.78. The van der Waals surface area contributed by atoms with Gasteiger partial charge in [-0.05, 0) is 47.4 Å². The van der Waals surface area contributed by atoms with Crippen LogP contribution in [0.3, 0.4) is 0 Å². The molecule has 4 aromatic rings. The van der Waals surface area contributed by atoms with Gasteiger partial charge in [0.2, 0.25) is 0 Å². The number of hydrogen-bond acceptors (Lipinski definition) is 6. The topological polar surface area (TPSA) is 97.0 Å². The molecule has 13 heteroatoms. The minimum Gasteiger partial charge on any atom is -0.406 e. The van der Waals surface area contributed by atoms with Gasteiger partial charge in [-0.2, -0.15) is 10.1 Å². The number of hydrazone groups is 1. The minimum atomic E-state index is -4.75. The number of carbonyl (C=O) groups is 1. The molecule has 2 heterocycles. The summed E-state index contributed by atoms with van der Waals surface area (Å²) in [4.78, 5) is 23.1. The van der Waals surface area contributed by atoms with E-state index in [1.807, 2.05) is 18.2 Å². The number of carbonyl (C=O) groups excluding carboxylic acids is 1. The van der Waals surface area contributed by atoms with E-state index in [0.29, 0.717) is 22.6 Å². The molecule has 1 aliphatic heterocycles. The summed E-state index contributed by atoms with van der Waals surface area (Å²) in [6, 6.07) is 20.1. The van der Waals surface area contributed by atoms with Crippen LogP contribution in [0.2, 0.25) is 0 Å². The lowest BCUT2D eigenvalue weighted by molar-refractivity contribution is -0.274. The zero-order valence-electron chi connectivity index (χ0n) is 22.6. The monoisotopic (exact) mass is 593 g/mol. The van der Waals surface area contributed by atoms with Crippen LogP contribution in [-0.2, 0) is 0 Å². The molecule has 0 spiro atoms. The number of urea groups is 1. The maximum absolute atomic E-state index is 12.5. The van der Waals surface area contributed by atoms with Crippen LogP contribution in [0.5, 0.6) is 5.75 Å². The van der Waals surface area contributed by atoms with E-state index >= 15 is 0 Å². The highest BCUT2D eigenvalue weighted by Gasteiger charge is 2.31. The molecule has 0 atom stereocenters. The van der Waals surface area contributed by atoms with Gasteiger partial charge in [-0.1, -0.05) is 68.1 Å². The van der Waals surface area contributed by atoms with Gasteiger partial charge in [0.25, 0.3) is 0 Å². The molecule has 0 bridgehead atoms. The molecule has 1 N–H and O–H groups in total. The number of rotatable bonds is 7. The lowest BCUT2D eigenvalue weighted by Crippen LogP contribution is -2.27. The van der Waals surface area contributed by atoms with Crippen molar-refractivity contribution in [2.75, 3.05) is 17.2 Å². The summed E-state index contributed by atoms with van der Waals surface area (Å²) in [5.41, 5.74) is 6.68. The normalized spacial score (nSPS) is 14.7. The van der Waals surface area contributed by atoms with Crippen molar-refractivity contribution in [3.63, 3.8) is 0 Å². The highest BCUT2D eigenvalue weighted by atomic mass is 32.2. The Balaban J connectivity index is 1.19. The third-order valence-electron chi connectivity index (χ3n) is 6.19. The maximum Gasteiger partial charge on any atom is 0.573 e. The van der Waals surface area contributed by atoms with Gasteiger partial charge in [0, 0.05) is 23.5 Å². The molecule has 5 rings (SSSR count). The number of nitrogens with one attached hydrogen (secondary N) is 1. The minimum absolute atomic E-state index is 0.320. The second kappa shape index (κ2) is 12.5. The Labute approximate surface area is 244 Å². The van der Waals surface area contributed by atoms with E-state index in [1.54, 1.807) is 24.3 Å². The number of aromatic nitrogens is 3. The Morgan fingerprint density at radius 3 is 2.52 bits per heavy atom. The number of thioether (sulfide) groups is 1. The first kappa shape index (κ1) is 28.9. The quantitative estimate of drug-likeness (QED) is 0.191. The van der Waals surface area contributed by atoms with Crippen molar-refractivity contribution in [3.05, 3.63) is 90.3 Å². The van der Waals surface area contributed by atoms with Crippen LogP contribution in [0.25, 0.3) is 17.1 Å². The molecular weight excluding hydrogens is 567 g/mol. The van der Waals surface area contributed by atoms with Crippen LogP contribution in [0, 0.1) is 0 Å². The van der Waals surface area contributed by atoms with E-state index in [2.05, 4.69) is 55.2 Å². The molecule has 0 aliphatic carbocycles. The second-order valence-corrected chi connectivity index (χ2v) is 10.5. The van der Waals surface area contributed by atoms with Crippen molar-refractivity contribution in [1.29, 1.82) is 0 Å². The highest BCUT2D eigenvalue weighted by Crippen LogP contribution is 2.32. The number of nitrogens with zero attached hydrogens (tertiary/aromatic N) is 6.